The zero-order valence-electron chi connectivity index (χ0n) is 16.8. The number of aromatic nitrogens is 2. The van der Waals surface area contributed by atoms with E-state index < -0.39 is 5.97 Å². The highest BCUT2D eigenvalue weighted by Crippen LogP contribution is 2.35. The van der Waals surface area contributed by atoms with E-state index in [4.69, 9.17) is 9.47 Å². The zero-order valence-corrected chi connectivity index (χ0v) is 18.4. The molecule has 8 heteroatoms. The SMILES string of the molecule is Cc1sc2nc(SCC(=O)OCCOc3ccccc3)[nH]c(=O)c2c1-c1ccccc1. The van der Waals surface area contributed by atoms with Crippen molar-refractivity contribution >= 4 is 39.3 Å². The van der Waals surface area contributed by atoms with Gasteiger partial charge in [0.05, 0.1) is 11.1 Å². The quantitative estimate of drug-likeness (QED) is 0.181. The molecule has 4 aromatic rings. The number of ether oxygens (including phenoxy) is 2. The molecule has 2 aromatic carbocycles. The molecule has 2 heterocycles. The fourth-order valence-corrected chi connectivity index (χ4v) is 4.88. The van der Waals surface area contributed by atoms with Gasteiger partial charge in [0, 0.05) is 10.4 Å². The lowest BCUT2D eigenvalue weighted by Crippen LogP contribution is -2.14. The predicted octanol–water partition coefficient (Wildman–Crippen LogP) is 4.67. The van der Waals surface area contributed by atoms with Gasteiger partial charge in [0.25, 0.3) is 5.56 Å². The second-order valence-corrected chi connectivity index (χ2v) is 8.79. The molecule has 2 aromatic heterocycles. The Morgan fingerprint density at radius 2 is 1.77 bits per heavy atom. The van der Waals surface area contributed by atoms with Crippen LogP contribution in [0.1, 0.15) is 4.88 Å². The van der Waals surface area contributed by atoms with Crippen molar-refractivity contribution in [2.75, 3.05) is 19.0 Å². The van der Waals surface area contributed by atoms with Crippen LogP contribution in [0.15, 0.2) is 70.6 Å². The fraction of sp³-hybridized carbons (Fsp3) is 0.174. The minimum Gasteiger partial charge on any atom is -0.490 e. The largest absolute Gasteiger partial charge is 0.490 e. The van der Waals surface area contributed by atoms with E-state index in [0.717, 1.165) is 33.5 Å². The molecule has 31 heavy (non-hydrogen) atoms. The minimum absolute atomic E-state index is 0.0513. The number of aryl methyl sites for hydroxylation is 1. The van der Waals surface area contributed by atoms with Crippen molar-refractivity contribution in [2.24, 2.45) is 0 Å². The highest BCUT2D eigenvalue weighted by Gasteiger charge is 2.17. The van der Waals surface area contributed by atoms with Crippen LogP contribution in [0.5, 0.6) is 5.75 Å². The molecule has 0 aliphatic heterocycles. The van der Waals surface area contributed by atoms with Crippen LogP contribution in [0.25, 0.3) is 21.3 Å². The summed E-state index contributed by atoms with van der Waals surface area (Å²) < 4.78 is 10.7. The molecule has 0 aliphatic carbocycles. The minimum atomic E-state index is -0.392. The third kappa shape index (κ3) is 5.15. The Labute approximate surface area is 187 Å². The summed E-state index contributed by atoms with van der Waals surface area (Å²) in [6, 6.07) is 19.1. The highest BCUT2D eigenvalue weighted by molar-refractivity contribution is 7.99. The summed E-state index contributed by atoms with van der Waals surface area (Å²) in [6.45, 7) is 2.41. The maximum Gasteiger partial charge on any atom is 0.316 e. The van der Waals surface area contributed by atoms with Gasteiger partial charge in [-0.3, -0.25) is 9.59 Å². The Morgan fingerprint density at radius 3 is 2.52 bits per heavy atom. The van der Waals surface area contributed by atoms with E-state index in [-0.39, 0.29) is 24.5 Å². The number of thioether (sulfide) groups is 1. The van der Waals surface area contributed by atoms with Crippen molar-refractivity contribution in [1.29, 1.82) is 0 Å². The Morgan fingerprint density at radius 1 is 1.06 bits per heavy atom. The molecule has 0 saturated heterocycles. The normalized spacial score (nSPS) is 10.9. The van der Waals surface area contributed by atoms with Crippen LogP contribution in [0.2, 0.25) is 0 Å². The molecule has 0 saturated carbocycles. The number of fused-ring (bicyclic) bond motifs is 1. The van der Waals surface area contributed by atoms with Gasteiger partial charge in [-0.1, -0.05) is 60.3 Å². The number of para-hydroxylation sites is 1. The number of nitrogens with zero attached hydrogens (tertiary/aromatic N) is 1. The number of aromatic amines is 1. The number of hydrogen-bond acceptors (Lipinski definition) is 7. The second-order valence-electron chi connectivity index (χ2n) is 6.62. The Kier molecular flexibility index (Phi) is 6.69. The van der Waals surface area contributed by atoms with E-state index in [0.29, 0.717) is 15.4 Å². The smallest absolute Gasteiger partial charge is 0.316 e. The predicted molar refractivity (Wildman–Crippen MR) is 124 cm³/mol. The van der Waals surface area contributed by atoms with E-state index in [9.17, 15) is 9.59 Å². The molecule has 0 atom stereocenters. The van der Waals surface area contributed by atoms with Gasteiger partial charge in [-0.2, -0.15) is 0 Å². The number of benzene rings is 2. The van der Waals surface area contributed by atoms with Gasteiger partial charge < -0.3 is 14.5 Å². The fourth-order valence-electron chi connectivity index (χ4n) is 3.12. The zero-order chi connectivity index (χ0) is 21.6. The monoisotopic (exact) mass is 452 g/mol. The van der Waals surface area contributed by atoms with Crippen molar-refractivity contribution in [3.05, 3.63) is 75.9 Å². The van der Waals surface area contributed by atoms with Crippen molar-refractivity contribution in [3.8, 4) is 16.9 Å². The van der Waals surface area contributed by atoms with E-state index in [2.05, 4.69) is 9.97 Å². The third-order valence-corrected chi connectivity index (χ3v) is 6.31. The maximum atomic E-state index is 12.8. The third-order valence-electron chi connectivity index (χ3n) is 4.46. The van der Waals surface area contributed by atoms with Crippen LogP contribution in [0, 0.1) is 6.92 Å². The first-order valence-corrected chi connectivity index (χ1v) is 11.5. The summed E-state index contributed by atoms with van der Waals surface area (Å²) in [4.78, 5) is 33.8. The summed E-state index contributed by atoms with van der Waals surface area (Å²) in [5.74, 6) is 0.385. The number of carbonyl (C=O) groups is 1. The molecule has 6 nitrogen and oxygen atoms in total. The number of carbonyl (C=O) groups excluding carboxylic acids is 1. The highest BCUT2D eigenvalue weighted by atomic mass is 32.2. The van der Waals surface area contributed by atoms with Crippen molar-refractivity contribution < 1.29 is 14.3 Å². The second kappa shape index (κ2) is 9.80. The van der Waals surface area contributed by atoms with Crippen LogP contribution < -0.4 is 10.3 Å². The maximum absolute atomic E-state index is 12.8. The van der Waals surface area contributed by atoms with Gasteiger partial charge in [0.1, 0.15) is 23.8 Å². The number of nitrogens with one attached hydrogen (secondary N) is 1. The summed E-state index contributed by atoms with van der Waals surface area (Å²) >= 11 is 2.62. The summed E-state index contributed by atoms with van der Waals surface area (Å²) in [5.41, 5.74) is 1.68. The molecule has 4 rings (SSSR count). The molecule has 0 fully saturated rings. The van der Waals surface area contributed by atoms with Crippen molar-refractivity contribution in [1.82, 2.24) is 9.97 Å². The first-order chi connectivity index (χ1) is 15.1. The average molecular weight is 453 g/mol. The lowest BCUT2D eigenvalue weighted by Gasteiger charge is -2.07. The lowest BCUT2D eigenvalue weighted by atomic mass is 10.0. The van der Waals surface area contributed by atoms with Crippen LogP contribution >= 0.6 is 23.1 Å². The van der Waals surface area contributed by atoms with E-state index in [1.165, 1.54) is 11.3 Å². The van der Waals surface area contributed by atoms with Gasteiger partial charge in [-0.05, 0) is 24.6 Å². The van der Waals surface area contributed by atoms with Gasteiger partial charge in [-0.15, -0.1) is 11.3 Å². The first-order valence-electron chi connectivity index (χ1n) is 9.67. The van der Waals surface area contributed by atoms with E-state index in [1.54, 1.807) is 0 Å². The van der Waals surface area contributed by atoms with Crippen LogP contribution in [-0.2, 0) is 9.53 Å². The Bertz CT molecular complexity index is 1240. The molecule has 1 N–H and O–H groups in total. The molecule has 0 aliphatic rings. The Hall–Kier alpha value is -3.10. The Balaban J connectivity index is 1.37. The number of rotatable bonds is 8. The number of H-pyrrole nitrogens is 1. The summed E-state index contributed by atoms with van der Waals surface area (Å²) in [7, 11) is 0. The van der Waals surface area contributed by atoms with E-state index >= 15 is 0 Å². The molecule has 158 valence electrons. The summed E-state index contributed by atoms with van der Waals surface area (Å²) in [5, 5.41) is 0.981. The van der Waals surface area contributed by atoms with Crippen molar-refractivity contribution in [3.63, 3.8) is 0 Å². The van der Waals surface area contributed by atoms with Crippen LogP contribution in [0.3, 0.4) is 0 Å². The molecular weight excluding hydrogens is 432 g/mol. The van der Waals surface area contributed by atoms with Gasteiger partial charge in [0.15, 0.2) is 5.16 Å². The molecule has 0 bridgehead atoms. The molecule has 0 amide bonds. The first kappa shape index (κ1) is 21.1. The van der Waals surface area contributed by atoms with Crippen LogP contribution in [-0.4, -0.2) is 34.9 Å². The number of esters is 1. The van der Waals surface area contributed by atoms with Gasteiger partial charge in [-0.25, -0.2) is 4.98 Å². The molecular formula is C23H20N2O4S2. The standard InChI is InChI=1S/C23H20N2O4S2/c1-15-19(16-8-4-2-5-9-16)20-21(27)24-23(25-22(20)31-15)30-14-18(26)29-13-12-28-17-10-6-3-7-11-17/h2-11H,12-14H2,1H3,(H,24,25,27). The van der Waals surface area contributed by atoms with Gasteiger partial charge >= 0.3 is 5.97 Å². The number of hydrogen-bond donors (Lipinski definition) is 1. The summed E-state index contributed by atoms with van der Waals surface area (Å²) in [6.07, 6.45) is 0. The topological polar surface area (TPSA) is 81.3 Å². The molecule has 0 radical (unpaired) electrons. The molecule has 0 unspecified atom stereocenters. The number of thiophene rings is 1. The average Bonchev–Trinajstić information content (AvgIpc) is 3.13. The van der Waals surface area contributed by atoms with E-state index in [1.807, 2.05) is 67.6 Å². The molecule has 0 spiro atoms. The van der Waals surface area contributed by atoms with Crippen LogP contribution in [0.4, 0.5) is 0 Å². The lowest BCUT2D eigenvalue weighted by molar-refractivity contribution is -0.141. The van der Waals surface area contributed by atoms with Gasteiger partial charge in [0.2, 0.25) is 0 Å². The van der Waals surface area contributed by atoms with Crippen molar-refractivity contribution in [2.45, 2.75) is 12.1 Å².